The maximum absolute atomic E-state index is 12.3. The lowest BCUT2D eigenvalue weighted by atomic mass is 10.2. The van der Waals surface area contributed by atoms with E-state index in [1.54, 1.807) is 0 Å². The van der Waals surface area contributed by atoms with E-state index in [0.29, 0.717) is 28.4 Å². The highest BCUT2D eigenvalue weighted by molar-refractivity contribution is 9.10. The van der Waals surface area contributed by atoms with E-state index < -0.39 is 0 Å². The zero-order valence-corrected chi connectivity index (χ0v) is 14.3. The van der Waals surface area contributed by atoms with Gasteiger partial charge in [0.15, 0.2) is 17.5 Å². The molecule has 24 heavy (non-hydrogen) atoms. The molecule has 2 N–H and O–H groups in total. The molecular formula is C17H12BrN5O. The van der Waals surface area contributed by atoms with Crippen LogP contribution in [0.2, 0.25) is 0 Å². The number of aromatic amines is 2. The first-order chi connectivity index (χ1) is 11.6. The van der Waals surface area contributed by atoms with Gasteiger partial charge in [-0.25, -0.2) is 9.97 Å². The molecule has 0 bridgehead atoms. The second-order valence-electron chi connectivity index (χ2n) is 5.45. The largest absolute Gasteiger partial charge is 0.303 e. The third kappa shape index (κ3) is 2.63. The van der Waals surface area contributed by atoms with Crippen LogP contribution >= 0.6 is 15.9 Å². The monoisotopic (exact) mass is 381 g/mol. The number of hydrogen-bond donors (Lipinski definition) is 2. The maximum atomic E-state index is 12.3. The number of H-pyrrole nitrogens is 2. The zero-order valence-electron chi connectivity index (χ0n) is 12.7. The van der Waals surface area contributed by atoms with E-state index in [1.807, 2.05) is 49.4 Å². The Morgan fingerprint density at radius 3 is 2.75 bits per heavy atom. The molecule has 0 amide bonds. The average molecular weight is 382 g/mol. The molecule has 0 saturated heterocycles. The number of benzene rings is 2. The van der Waals surface area contributed by atoms with Crippen LogP contribution in [0.25, 0.3) is 33.9 Å². The predicted molar refractivity (Wildman–Crippen MR) is 95.6 cm³/mol. The Morgan fingerprint density at radius 2 is 1.92 bits per heavy atom. The van der Waals surface area contributed by atoms with Crippen LogP contribution in [0.15, 0.2) is 51.7 Å². The van der Waals surface area contributed by atoms with E-state index in [-0.39, 0.29) is 5.56 Å². The number of fused-ring (bicyclic) bond motifs is 1. The average Bonchev–Trinajstić information content (AvgIpc) is 3.05. The van der Waals surface area contributed by atoms with Crippen LogP contribution in [0.4, 0.5) is 0 Å². The molecule has 4 aromatic rings. The second kappa shape index (κ2) is 5.68. The summed E-state index contributed by atoms with van der Waals surface area (Å²) >= 11 is 3.43. The van der Waals surface area contributed by atoms with Crippen molar-refractivity contribution < 1.29 is 0 Å². The number of aryl methyl sites for hydroxylation is 1. The molecule has 2 aromatic carbocycles. The maximum Gasteiger partial charge on any atom is 0.259 e. The lowest BCUT2D eigenvalue weighted by molar-refractivity contribution is 1.06. The van der Waals surface area contributed by atoms with Crippen LogP contribution < -0.4 is 5.56 Å². The highest BCUT2D eigenvalue weighted by atomic mass is 79.9. The fourth-order valence-electron chi connectivity index (χ4n) is 2.49. The van der Waals surface area contributed by atoms with Crippen molar-refractivity contribution in [1.29, 1.82) is 0 Å². The van der Waals surface area contributed by atoms with E-state index in [0.717, 1.165) is 15.6 Å². The topological polar surface area (TPSA) is 87.3 Å². The van der Waals surface area contributed by atoms with Gasteiger partial charge < -0.3 is 4.98 Å². The molecule has 0 aliphatic carbocycles. The van der Waals surface area contributed by atoms with Crippen LogP contribution in [-0.4, -0.2) is 25.1 Å². The van der Waals surface area contributed by atoms with Gasteiger partial charge >= 0.3 is 0 Å². The van der Waals surface area contributed by atoms with Crippen molar-refractivity contribution in [3.8, 4) is 23.0 Å². The minimum absolute atomic E-state index is 0.195. The van der Waals surface area contributed by atoms with E-state index in [2.05, 4.69) is 41.1 Å². The van der Waals surface area contributed by atoms with Crippen LogP contribution in [0.1, 0.15) is 5.56 Å². The van der Waals surface area contributed by atoms with Crippen molar-refractivity contribution in [1.82, 2.24) is 25.1 Å². The summed E-state index contributed by atoms with van der Waals surface area (Å²) in [5.74, 6) is 1.33. The van der Waals surface area contributed by atoms with Crippen molar-refractivity contribution in [2.24, 2.45) is 0 Å². The van der Waals surface area contributed by atoms with Crippen molar-refractivity contribution in [2.75, 3.05) is 0 Å². The Balaban J connectivity index is 1.81. The Kier molecular flexibility index (Phi) is 3.50. The minimum atomic E-state index is -0.195. The second-order valence-corrected chi connectivity index (χ2v) is 6.37. The Hall–Kier alpha value is -2.80. The quantitative estimate of drug-likeness (QED) is 0.556. The molecule has 0 atom stereocenters. The molecule has 6 nitrogen and oxygen atoms in total. The van der Waals surface area contributed by atoms with Crippen molar-refractivity contribution in [2.45, 2.75) is 6.92 Å². The normalized spacial score (nSPS) is 11.1. The smallest absolute Gasteiger partial charge is 0.259 e. The number of halogens is 1. The summed E-state index contributed by atoms with van der Waals surface area (Å²) in [6.07, 6.45) is 0. The van der Waals surface area contributed by atoms with Crippen LogP contribution in [0.5, 0.6) is 0 Å². The first-order valence-corrected chi connectivity index (χ1v) is 8.09. The number of hydrogen-bond acceptors (Lipinski definition) is 4. The molecule has 0 spiro atoms. The van der Waals surface area contributed by atoms with Gasteiger partial charge in [0.05, 0.1) is 10.9 Å². The number of nitrogens with one attached hydrogen (secondary N) is 2. The van der Waals surface area contributed by atoms with Crippen molar-refractivity contribution in [3.63, 3.8) is 0 Å². The highest BCUT2D eigenvalue weighted by Crippen LogP contribution is 2.21. The van der Waals surface area contributed by atoms with Gasteiger partial charge in [0.2, 0.25) is 0 Å². The Bertz CT molecular complexity index is 1120. The van der Waals surface area contributed by atoms with Crippen LogP contribution in [0, 0.1) is 6.92 Å². The molecule has 2 heterocycles. The van der Waals surface area contributed by atoms with Gasteiger partial charge in [0.1, 0.15) is 0 Å². The summed E-state index contributed by atoms with van der Waals surface area (Å²) in [4.78, 5) is 24.0. The van der Waals surface area contributed by atoms with Crippen molar-refractivity contribution >= 4 is 26.8 Å². The first kappa shape index (κ1) is 14.8. The van der Waals surface area contributed by atoms with Gasteiger partial charge in [-0.1, -0.05) is 39.7 Å². The van der Waals surface area contributed by atoms with Crippen LogP contribution in [0.3, 0.4) is 0 Å². The predicted octanol–water partition coefficient (Wildman–Crippen LogP) is 3.45. The fraction of sp³-hybridized carbons (Fsp3) is 0.0588. The molecule has 0 radical (unpaired) electrons. The molecule has 2 aromatic heterocycles. The third-order valence-corrected chi connectivity index (χ3v) is 4.15. The summed E-state index contributed by atoms with van der Waals surface area (Å²) in [5, 5.41) is 7.60. The Labute approximate surface area is 145 Å². The molecule has 0 aliphatic rings. The molecule has 0 unspecified atom stereocenters. The third-order valence-electron chi connectivity index (χ3n) is 3.65. The molecule has 0 fully saturated rings. The van der Waals surface area contributed by atoms with E-state index >= 15 is 0 Å². The van der Waals surface area contributed by atoms with Gasteiger partial charge in [0.25, 0.3) is 5.56 Å². The number of rotatable bonds is 2. The van der Waals surface area contributed by atoms with Crippen molar-refractivity contribution in [3.05, 3.63) is 62.9 Å². The highest BCUT2D eigenvalue weighted by Gasteiger charge is 2.12. The standard InChI is InChI=1S/C17H12BrN5O/c1-9-5-6-13-12(7-9)17(24)21-15(19-13)16-20-14(22-23-16)10-3-2-4-11(18)8-10/h2-8H,1H3,(H,19,21,24)(H,20,22,23). The first-order valence-electron chi connectivity index (χ1n) is 7.29. The number of nitrogens with zero attached hydrogens (tertiary/aromatic N) is 3. The van der Waals surface area contributed by atoms with Gasteiger partial charge in [-0.05, 0) is 31.2 Å². The van der Waals surface area contributed by atoms with Gasteiger partial charge in [0, 0.05) is 10.0 Å². The Morgan fingerprint density at radius 1 is 1.04 bits per heavy atom. The summed E-state index contributed by atoms with van der Waals surface area (Å²) < 4.78 is 0.943. The molecule has 7 heteroatoms. The zero-order chi connectivity index (χ0) is 16.7. The SMILES string of the molecule is Cc1ccc2nc(-c3nc(-c4cccc(Br)c4)n[nH]3)[nH]c(=O)c2c1. The summed E-state index contributed by atoms with van der Waals surface area (Å²) in [6, 6.07) is 13.2. The summed E-state index contributed by atoms with van der Waals surface area (Å²) in [6.45, 7) is 1.94. The van der Waals surface area contributed by atoms with E-state index in [4.69, 9.17) is 0 Å². The minimum Gasteiger partial charge on any atom is -0.303 e. The van der Waals surface area contributed by atoms with Gasteiger partial charge in [-0.2, -0.15) is 5.10 Å². The molecule has 4 rings (SSSR count). The fourth-order valence-corrected chi connectivity index (χ4v) is 2.89. The number of aromatic nitrogens is 5. The lowest BCUT2D eigenvalue weighted by Crippen LogP contribution is -2.10. The van der Waals surface area contributed by atoms with Gasteiger partial charge in [-0.15, -0.1) is 0 Å². The molecular weight excluding hydrogens is 370 g/mol. The van der Waals surface area contributed by atoms with Gasteiger partial charge in [-0.3, -0.25) is 9.89 Å². The summed E-state index contributed by atoms with van der Waals surface area (Å²) in [7, 11) is 0. The van der Waals surface area contributed by atoms with E-state index in [1.165, 1.54) is 0 Å². The summed E-state index contributed by atoms with van der Waals surface area (Å²) in [5.41, 5.74) is 2.31. The van der Waals surface area contributed by atoms with Crippen LogP contribution in [-0.2, 0) is 0 Å². The molecule has 118 valence electrons. The molecule has 0 saturated carbocycles. The molecule has 0 aliphatic heterocycles. The lowest BCUT2D eigenvalue weighted by Gasteiger charge is -2.01. The van der Waals surface area contributed by atoms with E-state index in [9.17, 15) is 4.79 Å².